The zero-order valence-electron chi connectivity index (χ0n) is 13.7. The van der Waals surface area contributed by atoms with Gasteiger partial charge in [0, 0.05) is 18.9 Å². The van der Waals surface area contributed by atoms with E-state index in [-0.39, 0.29) is 5.91 Å². The third-order valence-corrected chi connectivity index (χ3v) is 4.80. The van der Waals surface area contributed by atoms with Crippen molar-refractivity contribution >= 4 is 21.6 Å². The van der Waals surface area contributed by atoms with Gasteiger partial charge < -0.3 is 5.32 Å². The minimum absolute atomic E-state index is 0.335. The molecular formula is C17H21N3O3S. The van der Waals surface area contributed by atoms with Crippen molar-refractivity contribution in [3.63, 3.8) is 0 Å². The number of anilines is 1. The molecule has 0 saturated carbocycles. The third-order valence-electron chi connectivity index (χ3n) is 3.56. The predicted molar refractivity (Wildman–Crippen MR) is 94.2 cm³/mol. The van der Waals surface area contributed by atoms with Gasteiger partial charge in [-0.25, -0.2) is 8.42 Å². The lowest BCUT2D eigenvalue weighted by Gasteiger charge is -2.28. The van der Waals surface area contributed by atoms with Gasteiger partial charge >= 0.3 is 0 Å². The van der Waals surface area contributed by atoms with Crippen LogP contribution in [-0.2, 0) is 21.2 Å². The number of amides is 1. The summed E-state index contributed by atoms with van der Waals surface area (Å²) < 4.78 is 25.4. The Balaban J connectivity index is 2.04. The van der Waals surface area contributed by atoms with Crippen LogP contribution in [0, 0.1) is 0 Å². The molecule has 1 aromatic carbocycles. The predicted octanol–water partition coefficient (Wildman–Crippen LogP) is 1.59. The number of benzene rings is 1. The van der Waals surface area contributed by atoms with E-state index in [1.807, 2.05) is 12.1 Å². The Morgan fingerprint density at radius 1 is 1.17 bits per heavy atom. The number of nitrogens with zero attached hydrogens (tertiary/aromatic N) is 2. The van der Waals surface area contributed by atoms with Crippen molar-refractivity contribution in [2.45, 2.75) is 19.4 Å². The number of para-hydroxylation sites is 1. The molecule has 0 saturated heterocycles. The van der Waals surface area contributed by atoms with Crippen molar-refractivity contribution < 1.29 is 13.2 Å². The van der Waals surface area contributed by atoms with Crippen molar-refractivity contribution in [1.82, 2.24) is 10.3 Å². The van der Waals surface area contributed by atoms with Crippen LogP contribution in [0.2, 0.25) is 0 Å². The second-order valence-corrected chi connectivity index (χ2v) is 7.33. The Hall–Kier alpha value is -2.41. The number of aromatic nitrogens is 1. The van der Waals surface area contributed by atoms with Gasteiger partial charge in [-0.15, -0.1) is 0 Å². The number of carbonyl (C=O) groups is 1. The first-order valence-electron chi connectivity index (χ1n) is 7.60. The zero-order chi connectivity index (χ0) is 17.6. The molecule has 2 aromatic rings. The summed E-state index contributed by atoms with van der Waals surface area (Å²) in [6, 6.07) is 11.5. The molecule has 2 rings (SSSR count). The number of nitrogens with one attached hydrogen (secondary N) is 1. The summed E-state index contributed by atoms with van der Waals surface area (Å²) in [5.74, 6) is -0.335. The van der Waals surface area contributed by atoms with Crippen molar-refractivity contribution in [1.29, 1.82) is 0 Å². The minimum atomic E-state index is -3.58. The van der Waals surface area contributed by atoms with Gasteiger partial charge in [0.2, 0.25) is 15.9 Å². The highest BCUT2D eigenvalue weighted by Gasteiger charge is 2.28. The zero-order valence-corrected chi connectivity index (χ0v) is 14.5. The van der Waals surface area contributed by atoms with E-state index in [1.54, 1.807) is 49.6 Å². The SMILES string of the molecule is CC(C(=O)NCCc1ccncc1)N(c1ccccc1)S(C)(=O)=O. The Morgan fingerprint density at radius 2 is 1.79 bits per heavy atom. The number of sulfonamides is 1. The van der Waals surface area contributed by atoms with Gasteiger partial charge in [-0.1, -0.05) is 18.2 Å². The summed E-state index contributed by atoms with van der Waals surface area (Å²) in [5, 5.41) is 2.79. The molecule has 0 fully saturated rings. The topological polar surface area (TPSA) is 79.4 Å². The van der Waals surface area contributed by atoms with Crippen LogP contribution in [0.25, 0.3) is 0 Å². The van der Waals surface area contributed by atoms with Crippen LogP contribution in [0.1, 0.15) is 12.5 Å². The summed E-state index contributed by atoms with van der Waals surface area (Å²) in [5.41, 5.74) is 1.53. The van der Waals surface area contributed by atoms with Crippen LogP contribution in [0.4, 0.5) is 5.69 Å². The Bertz CT molecular complexity index is 764. The number of rotatable bonds is 7. The summed E-state index contributed by atoms with van der Waals surface area (Å²) in [6.07, 6.45) is 5.15. The van der Waals surface area contributed by atoms with Gasteiger partial charge in [-0.05, 0) is 43.2 Å². The maximum atomic E-state index is 12.4. The largest absolute Gasteiger partial charge is 0.354 e. The summed E-state index contributed by atoms with van der Waals surface area (Å²) in [6.45, 7) is 2.01. The molecule has 1 unspecified atom stereocenters. The molecule has 0 spiro atoms. The maximum absolute atomic E-state index is 12.4. The molecule has 24 heavy (non-hydrogen) atoms. The summed E-state index contributed by atoms with van der Waals surface area (Å²) >= 11 is 0. The lowest BCUT2D eigenvalue weighted by molar-refractivity contribution is -0.121. The number of hydrogen-bond donors (Lipinski definition) is 1. The molecule has 0 bridgehead atoms. The molecular weight excluding hydrogens is 326 g/mol. The lowest BCUT2D eigenvalue weighted by Crippen LogP contribution is -2.48. The Kier molecular flexibility index (Phi) is 5.92. The first-order chi connectivity index (χ1) is 11.4. The van der Waals surface area contributed by atoms with Gasteiger partial charge in [0.05, 0.1) is 11.9 Å². The fourth-order valence-corrected chi connectivity index (χ4v) is 3.59. The number of hydrogen-bond acceptors (Lipinski definition) is 4. The van der Waals surface area contributed by atoms with Crippen LogP contribution in [0.15, 0.2) is 54.9 Å². The third kappa shape index (κ3) is 4.79. The average Bonchev–Trinajstić information content (AvgIpc) is 2.55. The van der Waals surface area contributed by atoms with E-state index in [9.17, 15) is 13.2 Å². The monoisotopic (exact) mass is 347 g/mol. The Morgan fingerprint density at radius 3 is 2.38 bits per heavy atom. The molecule has 128 valence electrons. The number of carbonyl (C=O) groups excluding carboxylic acids is 1. The van der Waals surface area contributed by atoms with Crippen molar-refractivity contribution in [2.75, 3.05) is 17.1 Å². The van der Waals surface area contributed by atoms with Crippen LogP contribution in [0.5, 0.6) is 0 Å². The highest BCUT2D eigenvalue weighted by atomic mass is 32.2. The highest BCUT2D eigenvalue weighted by Crippen LogP contribution is 2.20. The smallest absolute Gasteiger partial charge is 0.243 e. The molecule has 1 amide bonds. The summed E-state index contributed by atoms with van der Waals surface area (Å²) in [7, 11) is -3.58. The fourth-order valence-electron chi connectivity index (χ4n) is 2.41. The highest BCUT2D eigenvalue weighted by molar-refractivity contribution is 7.92. The van der Waals surface area contributed by atoms with E-state index in [2.05, 4.69) is 10.3 Å². The standard InChI is InChI=1S/C17H21N3O3S/c1-14(17(21)19-13-10-15-8-11-18-12-9-15)20(24(2,22)23)16-6-4-3-5-7-16/h3-9,11-12,14H,10,13H2,1-2H3,(H,19,21). The summed E-state index contributed by atoms with van der Waals surface area (Å²) in [4.78, 5) is 16.3. The van der Waals surface area contributed by atoms with Gasteiger partial charge in [0.15, 0.2) is 0 Å². The van der Waals surface area contributed by atoms with E-state index >= 15 is 0 Å². The van der Waals surface area contributed by atoms with E-state index in [0.717, 1.165) is 16.1 Å². The first-order valence-corrected chi connectivity index (χ1v) is 9.45. The van der Waals surface area contributed by atoms with E-state index in [0.29, 0.717) is 18.7 Å². The average molecular weight is 347 g/mol. The normalized spacial score (nSPS) is 12.4. The fraction of sp³-hybridized carbons (Fsp3) is 0.294. The van der Waals surface area contributed by atoms with Crippen LogP contribution in [-0.4, -0.2) is 38.2 Å². The van der Waals surface area contributed by atoms with Gasteiger partial charge in [-0.2, -0.15) is 0 Å². The molecule has 1 aromatic heterocycles. The van der Waals surface area contributed by atoms with Crippen LogP contribution < -0.4 is 9.62 Å². The molecule has 7 heteroatoms. The lowest BCUT2D eigenvalue weighted by atomic mass is 10.2. The van der Waals surface area contributed by atoms with Crippen LogP contribution >= 0.6 is 0 Å². The van der Waals surface area contributed by atoms with Crippen molar-refractivity contribution in [3.8, 4) is 0 Å². The van der Waals surface area contributed by atoms with Gasteiger partial charge in [0.25, 0.3) is 0 Å². The van der Waals surface area contributed by atoms with E-state index in [4.69, 9.17) is 0 Å². The van der Waals surface area contributed by atoms with E-state index in [1.165, 1.54) is 0 Å². The first kappa shape index (κ1) is 17.9. The van der Waals surface area contributed by atoms with E-state index < -0.39 is 16.1 Å². The van der Waals surface area contributed by atoms with Crippen molar-refractivity contribution in [2.24, 2.45) is 0 Å². The van der Waals surface area contributed by atoms with Crippen molar-refractivity contribution in [3.05, 3.63) is 60.4 Å². The molecule has 1 heterocycles. The maximum Gasteiger partial charge on any atom is 0.243 e. The quantitative estimate of drug-likeness (QED) is 0.825. The second-order valence-electron chi connectivity index (χ2n) is 5.47. The number of pyridine rings is 1. The Labute approximate surface area is 142 Å². The minimum Gasteiger partial charge on any atom is -0.354 e. The van der Waals surface area contributed by atoms with Gasteiger partial charge in [0.1, 0.15) is 6.04 Å². The molecule has 0 aliphatic carbocycles. The molecule has 0 aliphatic heterocycles. The second kappa shape index (κ2) is 7.92. The molecule has 1 N–H and O–H groups in total. The van der Waals surface area contributed by atoms with Gasteiger partial charge in [-0.3, -0.25) is 14.1 Å². The van der Waals surface area contributed by atoms with Crippen LogP contribution in [0.3, 0.4) is 0 Å². The molecule has 1 atom stereocenters. The molecule has 0 radical (unpaired) electrons. The molecule has 6 nitrogen and oxygen atoms in total. The molecule has 0 aliphatic rings.